The quantitative estimate of drug-likeness (QED) is 0.650. The van der Waals surface area contributed by atoms with Crippen molar-refractivity contribution in [1.29, 1.82) is 0 Å². The van der Waals surface area contributed by atoms with Gasteiger partial charge in [-0.25, -0.2) is 8.42 Å². The molecule has 8 nitrogen and oxygen atoms in total. The van der Waals surface area contributed by atoms with E-state index in [-0.39, 0.29) is 22.8 Å². The monoisotopic (exact) mass is 496 g/mol. The van der Waals surface area contributed by atoms with Crippen LogP contribution >= 0.6 is 0 Å². The van der Waals surface area contributed by atoms with Gasteiger partial charge in [0.05, 0.1) is 4.90 Å². The van der Waals surface area contributed by atoms with Crippen LogP contribution in [0.4, 0.5) is 11.4 Å². The van der Waals surface area contributed by atoms with Crippen LogP contribution in [0.2, 0.25) is 0 Å². The number of piperazine rings is 1. The highest BCUT2D eigenvalue weighted by Gasteiger charge is 2.42. The molecule has 0 aromatic heterocycles. The Hall–Kier alpha value is -2.91. The molecule has 2 atom stereocenters. The fraction of sp³-hybridized carbons (Fsp3) is 0.462. The molecule has 0 saturated carbocycles. The number of sulfonamides is 1. The van der Waals surface area contributed by atoms with Crippen molar-refractivity contribution < 1.29 is 18.0 Å². The normalized spacial score (nSPS) is 23.0. The van der Waals surface area contributed by atoms with Crippen molar-refractivity contribution in [2.45, 2.75) is 50.1 Å². The van der Waals surface area contributed by atoms with E-state index in [1.54, 1.807) is 23.1 Å². The van der Waals surface area contributed by atoms with Crippen molar-refractivity contribution in [2.75, 3.05) is 42.5 Å². The molecule has 0 unspecified atom stereocenters. The van der Waals surface area contributed by atoms with E-state index < -0.39 is 16.1 Å². The van der Waals surface area contributed by atoms with Gasteiger partial charge in [-0.05, 0) is 62.1 Å². The van der Waals surface area contributed by atoms with E-state index in [2.05, 4.69) is 17.0 Å². The first-order chi connectivity index (χ1) is 16.8. The number of nitrogens with zero attached hydrogens (tertiary/aromatic N) is 4. The summed E-state index contributed by atoms with van der Waals surface area (Å²) >= 11 is 0. The van der Waals surface area contributed by atoms with Crippen LogP contribution in [0.25, 0.3) is 0 Å². The second kappa shape index (κ2) is 9.28. The predicted molar refractivity (Wildman–Crippen MR) is 135 cm³/mol. The first-order valence-electron chi connectivity index (χ1n) is 12.3. The van der Waals surface area contributed by atoms with Gasteiger partial charge in [0.15, 0.2) is 0 Å². The fourth-order valence-corrected chi connectivity index (χ4v) is 7.39. The van der Waals surface area contributed by atoms with E-state index in [4.69, 9.17) is 0 Å². The fourth-order valence-electron chi connectivity index (χ4n) is 5.69. The van der Waals surface area contributed by atoms with E-state index >= 15 is 0 Å². The summed E-state index contributed by atoms with van der Waals surface area (Å²) in [4.78, 5) is 31.4. The van der Waals surface area contributed by atoms with Crippen molar-refractivity contribution in [3.05, 3.63) is 54.1 Å². The highest BCUT2D eigenvalue weighted by Crippen LogP contribution is 2.36. The summed E-state index contributed by atoms with van der Waals surface area (Å²) in [6, 6.07) is 14.4. The summed E-state index contributed by atoms with van der Waals surface area (Å²) in [7, 11) is -3.83. The number of carbonyl (C=O) groups is 2. The molecule has 2 saturated heterocycles. The predicted octanol–water partition coefficient (Wildman–Crippen LogP) is 2.49. The Morgan fingerprint density at radius 3 is 2.34 bits per heavy atom. The lowest BCUT2D eigenvalue weighted by Crippen LogP contribution is -2.54. The Bertz CT molecular complexity index is 1230. The Morgan fingerprint density at radius 1 is 0.943 bits per heavy atom. The van der Waals surface area contributed by atoms with Gasteiger partial charge in [0.25, 0.3) is 0 Å². The highest BCUT2D eigenvalue weighted by atomic mass is 32.2. The van der Waals surface area contributed by atoms with Gasteiger partial charge in [-0.2, -0.15) is 4.31 Å². The molecule has 5 rings (SSSR count). The van der Waals surface area contributed by atoms with Crippen molar-refractivity contribution >= 4 is 33.2 Å². The second-order valence-corrected chi connectivity index (χ2v) is 11.5. The van der Waals surface area contributed by atoms with Gasteiger partial charge in [0.2, 0.25) is 21.8 Å². The van der Waals surface area contributed by atoms with Crippen LogP contribution in [0, 0.1) is 0 Å². The molecular formula is C26H32N4O4S. The third-order valence-electron chi connectivity index (χ3n) is 7.41. The topological polar surface area (TPSA) is 81.2 Å². The zero-order valence-corrected chi connectivity index (χ0v) is 21.1. The lowest BCUT2D eigenvalue weighted by atomic mass is 10.1. The Labute approximate surface area is 207 Å². The van der Waals surface area contributed by atoms with Crippen molar-refractivity contribution in [1.82, 2.24) is 9.21 Å². The average molecular weight is 497 g/mol. The van der Waals surface area contributed by atoms with Gasteiger partial charge < -0.3 is 14.7 Å². The SMILES string of the molecule is CC(=O)N1c2ccc(S(=O)(=O)N3CCC[C@H]3C(=O)N3CCN(c4ccccc4)CC3)cc2C[C@@H]1C. The molecule has 0 N–H and O–H groups in total. The molecule has 0 bridgehead atoms. The van der Waals surface area contributed by atoms with Crippen LogP contribution in [0.3, 0.4) is 0 Å². The first-order valence-corrected chi connectivity index (χ1v) is 13.7. The van der Waals surface area contributed by atoms with E-state index in [1.165, 1.54) is 11.2 Å². The molecule has 35 heavy (non-hydrogen) atoms. The molecular weight excluding hydrogens is 464 g/mol. The molecule has 3 heterocycles. The van der Waals surface area contributed by atoms with E-state index in [1.807, 2.05) is 30.0 Å². The van der Waals surface area contributed by atoms with Crippen molar-refractivity contribution in [3.63, 3.8) is 0 Å². The third-order valence-corrected chi connectivity index (χ3v) is 9.32. The average Bonchev–Trinajstić information content (AvgIpc) is 3.48. The van der Waals surface area contributed by atoms with Crippen LogP contribution in [-0.2, 0) is 26.0 Å². The molecule has 0 spiro atoms. The standard InChI is InChI=1S/C26H32N4O4S/c1-19-17-21-18-23(10-11-24(21)30(19)20(2)31)35(33,34)29-12-6-9-25(29)26(32)28-15-13-27(14-16-28)22-7-4-3-5-8-22/h3-5,7-8,10-11,18-19,25H,6,9,12-17H2,1-2H3/t19-,25-/m0/s1. The lowest BCUT2D eigenvalue weighted by molar-refractivity contribution is -0.134. The largest absolute Gasteiger partial charge is 0.368 e. The lowest BCUT2D eigenvalue weighted by Gasteiger charge is -2.38. The summed E-state index contributed by atoms with van der Waals surface area (Å²) in [5, 5.41) is 0. The zero-order chi connectivity index (χ0) is 24.7. The van der Waals surface area contributed by atoms with Crippen molar-refractivity contribution in [3.8, 4) is 0 Å². The zero-order valence-electron chi connectivity index (χ0n) is 20.3. The number of anilines is 2. The minimum Gasteiger partial charge on any atom is -0.368 e. The minimum atomic E-state index is -3.83. The number of amides is 2. The number of hydrogen-bond acceptors (Lipinski definition) is 5. The van der Waals surface area contributed by atoms with Crippen LogP contribution in [0.5, 0.6) is 0 Å². The molecule has 186 valence electrons. The van der Waals surface area contributed by atoms with Gasteiger partial charge in [0, 0.05) is 57.1 Å². The molecule has 0 aliphatic carbocycles. The Kier molecular flexibility index (Phi) is 6.31. The Balaban J connectivity index is 1.31. The number of para-hydroxylation sites is 1. The molecule has 2 fully saturated rings. The maximum Gasteiger partial charge on any atom is 0.243 e. The number of benzene rings is 2. The van der Waals surface area contributed by atoms with Crippen LogP contribution < -0.4 is 9.80 Å². The number of hydrogen-bond donors (Lipinski definition) is 0. The number of carbonyl (C=O) groups excluding carboxylic acids is 2. The second-order valence-electron chi connectivity index (χ2n) is 9.65. The number of rotatable bonds is 4. The van der Waals surface area contributed by atoms with Crippen molar-refractivity contribution in [2.24, 2.45) is 0 Å². The summed E-state index contributed by atoms with van der Waals surface area (Å²) in [5.41, 5.74) is 2.76. The smallest absolute Gasteiger partial charge is 0.243 e. The number of fused-ring (bicyclic) bond motifs is 1. The molecule has 3 aliphatic heterocycles. The molecule has 9 heteroatoms. The Morgan fingerprint density at radius 2 is 1.66 bits per heavy atom. The summed E-state index contributed by atoms with van der Waals surface area (Å²) in [6.07, 6.45) is 1.82. The summed E-state index contributed by atoms with van der Waals surface area (Å²) in [6.45, 7) is 6.44. The minimum absolute atomic E-state index is 0.00359. The molecule has 2 aromatic rings. The van der Waals surface area contributed by atoms with E-state index in [0.29, 0.717) is 38.9 Å². The third kappa shape index (κ3) is 4.31. The van der Waals surface area contributed by atoms with Gasteiger partial charge in [0.1, 0.15) is 6.04 Å². The van der Waals surface area contributed by atoms with Gasteiger partial charge >= 0.3 is 0 Å². The molecule has 2 aromatic carbocycles. The maximum atomic E-state index is 13.6. The van der Waals surface area contributed by atoms with Gasteiger partial charge in [-0.3, -0.25) is 9.59 Å². The first kappa shape index (κ1) is 23.8. The highest BCUT2D eigenvalue weighted by molar-refractivity contribution is 7.89. The van der Waals surface area contributed by atoms with Gasteiger partial charge in [-0.15, -0.1) is 0 Å². The van der Waals surface area contributed by atoms with E-state index in [9.17, 15) is 18.0 Å². The molecule has 3 aliphatic rings. The van der Waals surface area contributed by atoms with E-state index in [0.717, 1.165) is 30.0 Å². The summed E-state index contributed by atoms with van der Waals surface area (Å²) < 4.78 is 28.7. The van der Waals surface area contributed by atoms with Crippen LogP contribution in [-0.4, -0.2) is 74.2 Å². The van der Waals surface area contributed by atoms with Crippen LogP contribution in [0.1, 0.15) is 32.3 Å². The maximum absolute atomic E-state index is 13.6. The van der Waals surface area contributed by atoms with Gasteiger partial charge in [-0.1, -0.05) is 18.2 Å². The van der Waals surface area contributed by atoms with Crippen LogP contribution in [0.15, 0.2) is 53.4 Å². The summed E-state index contributed by atoms with van der Waals surface area (Å²) in [5.74, 6) is -0.152. The molecule has 0 radical (unpaired) electrons. The molecule has 2 amide bonds.